The molecule has 4 rings (SSSR count). The normalized spacial score (nSPS) is 15.8. The van der Waals surface area contributed by atoms with Crippen molar-refractivity contribution in [2.45, 2.75) is 13.0 Å². The van der Waals surface area contributed by atoms with Crippen LogP contribution in [0.5, 0.6) is 0 Å². The van der Waals surface area contributed by atoms with Gasteiger partial charge >= 0.3 is 0 Å². The van der Waals surface area contributed by atoms with Gasteiger partial charge in [0.25, 0.3) is 5.91 Å². The zero-order valence-corrected chi connectivity index (χ0v) is 14.6. The predicted molar refractivity (Wildman–Crippen MR) is 98.4 cm³/mol. The lowest BCUT2D eigenvalue weighted by Crippen LogP contribution is -2.35. The summed E-state index contributed by atoms with van der Waals surface area (Å²) >= 11 is 0. The number of amides is 1. The van der Waals surface area contributed by atoms with Crippen LogP contribution < -0.4 is 0 Å². The van der Waals surface area contributed by atoms with Crippen molar-refractivity contribution < 1.29 is 4.79 Å². The quantitative estimate of drug-likeness (QED) is 0.755. The maximum Gasteiger partial charge on any atom is 0.271 e. The molecule has 134 valence electrons. The van der Waals surface area contributed by atoms with E-state index in [-0.39, 0.29) is 5.91 Å². The average Bonchev–Trinajstić information content (AvgIpc) is 3.31. The molecule has 1 amide bonds. The standard InChI is InChI=1S/C19H22N6O/c26-19(17-13-16(22-23-17)15-5-2-1-3-6-15)25-10-4-9-24(11-12-25)14-18-20-7-8-21-18/h1-3,5-8,13H,4,9-12,14H2,(H,20,21)(H,22,23). The van der Waals surface area contributed by atoms with Crippen LogP contribution in [0.2, 0.25) is 0 Å². The fourth-order valence-electron chi connectivity index (χ4n) is 3.29. The Kier molecular flexibility index (Phi) is 4.79. The van der Waals surface area contributed by atoms with E-state index in [2.05, 4.69) is 25.1 Å². The van der Waals surface area contributed by atoms with E-state index in [9.17, 15) is 4.79 Å². The number of imidazole rings is 1. The summed E-state index contributed by atoms with van der Waals surface area (Å²) in [7, 11) is 0. The maximum absolute atomic E-state index is 12.8. The summed E-state index contributed by atoms with van der Waals surface area (Å²) in [5.41, 5.74) is 2.34. The first kappa shape index (κ1) is 16.5. The molecular weight excluding hydrogens is 328 g/mol. The van der Waals surface area contributed by atoms with Crippen LogP contribution in [0.25, 0.3) is 11.3 Å². The second kappa shape index (κ2) is 7.53. The van der Waals surface area contributed by atoms with Crippen molar-refractivity contribution in [3.63, 3.8) is 0 Å². The molecule has 0 spiro atoms. The highest BCUT2D eigenvalue weighted by Gasteiger charge is 2.22. The predicted octanol–water partition coefficient (Wildman–Crippen LogP) is 2.15. The molecule has 1 aliphatic heterocycles. The largest absolute Gasteiger partial charge is 0.348 e. The number of carbonyl (C=O) groups is 1. The molecule has 0 bridgehead atoms. The van der Waals surface area contributed by atoms with Crippen molar-refractivity contribution in [1.82, 2.24) is 30.0 Å². The molecular formula is C19H22N6O. The van der Waals surface area contributed by atoms with Gasteiger partial charge in [0.15, 0.2) is 0 Å². The summed E-state index contributed by atoms with van der Waals surface area (Å²) in [6, 6.07) is 11.7. The summed E-state index contributed by atoms with van der Waals surface area (Å²) in [6.45, 7) is 4.05. The fraction of sp³-hybridized carbons (Fsp3) is 0.316. The van der Waals surface area contributed by atoms with Gasteiger partial charge in [-0.15, -0.1) is 0 Å². The Morgan fingerprint density at radius 1 is 1.12 bits per heavy atom. The Morgan fingerprint density at radius 2 is 2.00 bits per heavy atom. The van der Waals surface area contributed by atoms with Crippen LogP contribution in [0.1, 0.15) is 22.7 Å². The number of nitrogens with one attached hydrogen (secondary N) is 2. The number of aromatic nitrogens is 4. The Morgan fingerprint density at radius 3 is 2.81 bits per heavy atom. The van der Waals surface area contributed by atoms with Gasteiger partial charge in [0, 0.05) is 44.1 Å². The van der Waals surface area contributed by atoms with E-state index in [4.69, 9.17) is 0 Å². The van der Waals surface area contributed by atoms with Gasteiger partial charge in [-0.2, -0.15) is 5.10 Å². The van der Waals surface area contributed by atoms with Crippen LogP contribution in [0.3, 0.4) is 0 Å². The van der Waals surface area contributed by atoms with E-state index >= 15 is 0 Å². The minimum Gasteiger partial charge on any atom is -0.348 e. The maximum atomic E-state index is 12.8. The molecule has 1 aliphatic rings. The Balaban J connectivity index is 1.40. The smallest absolute Gasteiger partial charge is 0.271 e. The molecule has 2 N–H and O–H groups in total. The van der Waals surface area contributed by atoms with E-state index in [1.54, 1.807) is 6.20 Å². The summed E-state index contributed by atoms with van der Waals surface area (Å²) in [6.07, 6.45) is 4.56. The summed E-state index contributed by atoms with van der Waals surface area (Å²) in [5, 5.41) is 7.19. The zero-order valence-electron chi connectivity index (χ0n) is 14.6. The molecule has 26 heavy (non-hydrogen) atoms. The molecule has 3 heterocycles. The molecule has 7 heteroatoms. The number of hydrogen-bond acceptors (Lipinski definition) is 4. The monoisotopic (exact) mass is 350 g/mol. The number of benzene rings is 1. The third kappa shape index (κ3) is 3.67. The average molecular weight is 350 g/mol. The number of aromatic amines is 2. The van der Waals surface area contributed by atoms with Gasteiger partial charge < -0.3 is 9.88 Å². The van der Waals surface area contributed by atoms with Gasteiger partial charge in [0.1, 0.15) is 11.5 Å². The summed E-state index contributed by atoms with van der Waals surface area (Å²) in [4.78, 5) is 24.5. The van der Waals surface area contributed by atoms with E-state index in [0.29, 0.717) is 12.2 Å². The second-order valence-electron chi connectivity index (χ2n) is 6.49. The van der Waals surface area contributed by atoms with Crippen LogP contribution in [0.4, 0.5) is 0 Å². The van der Waals surface area contributed by atoms with E-state index < -0.39 is 0 Å². The molecule has 7 nitrogen and oxygen atoms in total. The number of rotatable bonds is 4. The SMILES string of the molecule is O=C(c1cc(-c2ccccc2)n[nH]1)N1CCCN(Cc2ncc[nH]2)CC1. The lowest BCUT2D eigenvalue weighted by atomic mass is 10.1. The molecule has 0 aliphatic carbocycles. The van der Waals surface area contributed by atoms with Gasteiger partial charge in [-0.25, -0.2) is 4.98 Å². The fourth-order valence-corrected chi connectivity index (χ4v) is 3.29. The van der Waals surface area contributed by atoms with Gasteiger partial charge in [0.2, 0.25) is 0 Å². The zero-order chi connectivity index (χ0) is 17.8. The molecule has 0 atom stereocenters. The Hall–Kier alpha value is -2.93. The first-order chi connectivity index (χ1) is 12.8. The molecule has 0 radical (unpaired) electrons. The highest BCUT2D eigenvalue weighted by molar-refractivity contribution is 5.93. The van der Waals surface area contributed by atoms with Crippen molar-refractivity contribution in [1.29, 1.82) is 0 Å². The van der Waals surface area contributed by atoms with Gasteiger partial charge in [-0.3, -0.25) is 14.8 Å². The van der Waals surface area contributed by atoms with Gasteiger partial charge in [-0.1, -0.05) is 30.3 Å². The van der Waals surface area contributed by atoms with E-state index in [1.807, 2.05) is 47.5 Å². The minimum atomic E-state index is 0.0135. The molecule has 3 aromatic rings. The summed E-state index contributed by atoms with van der Waals surface area (Å²) in [5.74, 6) is 0.977. The molecule has 0 unspecified atom stereocenters. The van der Waals surface area contributed by atoms with Crippen molar-refractivity contribution in [2.24, 2.45) is 0 Å². The Labute approximate surface area is 152 Å². The summed E-state index contributed by atoms with van der Waals surface area (Å²) < 4.78 is 0. The van der Waals surface area contributed by atoms with Crippen molar-refractivity contribution in [3.8, 4) is 11.3 Å². The molecule has 1 saturated heterocycles. The number of carbonyl (C=O) groups excluding carboxylic acids is 1. The van der Waals surface area contributed by atoms with Crippen molar-refractivity contribution in [2.75, 3.05) is 26.2 Å². The third-order valence-electron chi connectivity index (χ3n) is 4.68. The number of H-pyrrole nitrogens is 2. The van der Waals surface area contributed by atoms with Crippen LogP contribution in [-0.4, -0.2) is 62.1 Å². The van der Waals surface area contributed by atoms with Gasteiger partial charge in [-0.05, 0) is 12.5 Å². The lowest BCUT2D eigenvalue weighted by molar-refractivity contribution is 0.0755. The molecule has 0 saturated carbocycles. The topological polar surface area (TPSA) is 80.9 Å². The highest BCUT2D eigenvalue weighted by atomic mass is 16.2. The van der Waals surface area contributed by atoms with Crippen LogP contribution in [-0.2, 0) is 6.54 Å². The minimum absolute atomic E-state index is 0.0135. The molecule has 2 aromatic heterocycles. The number of nitrogens with zero attached hydrogens (tertiary/aromatic N) is 4. The Bertz CT molecular complexity index is 842. The van der Waals surface area contributed by atoms with Crippen LogP contribution in [0, 0.1) is 0 Å². The first-order valence-corrected chi connectivity index (χ1v) is 8.90. The van der Waals surface area contributed by atoms with Crippen LogP contribution >= 0.6 is 0 Å². The number of hydrogen-bond donors (Lipinski definition) is 2. The van der Waals surface area contributed by atoms with E-state index in [1.165, 1.54) is 0 Å². The third-order valence-corrected chi connectivity index (χ3v) is 4.68. The van der Waals surface area contributed by atoms with Crippen molar-refractivity contribution in [3.05, 3.63) is 60.3 Å². The second-order valence-corrected chi connectivity index (χ2v) is 6.49. The molecule has 1 fully saturated rings. The highest BCUT2D eigenvalue weighted by Crippen LogP contribution is 2.18. The molecule has 1 aromatic carbocycles. The lowest BCUT2D eigenvalue weighted by Gasteiger charge is -2.20. The van der Waals surface area contributed by atoms with Crippen molar-refractivity contribution >= 4 is 5.91 Å². The van der Waals surface area contributed by atoms with Gasteiger partial charge in [0.05, 0.1) is 12.2 Å². The first-order valence-electron chi connectivity index (χ1n) is 8.90. The van der Waals surface area contributed by atoms with Crippen LogP contribution in [0.15, 0.2) is 48.8 Å². The van der Waals surface area contributed by atoms with E-state index in [0.717, 1.165) is 49.7 Å².